The van der Waals surface area contributed by atoms with Gasteiger partial charge in [0.2, 0.25) is 5.89 Å². The Morgan fingerprint density at radius 1 is 1.26 bits per heavy atom. The minimum Gasteiger partial charge on any atom is -0.338 e. The van der Waals surface area contributed by atoms with Crippen LogP contribution >= 0.6 is 0 Å². The average molecular weight is 255 g/mol. The fourth-order valence-corrected chi connectivity index (χ4v) is 2.85. The highest BCUT2D eigenvalue weighted by Gasteiger charge is 2.38. The van der Waals surface area contributed by atoms with E-state index in [1.807, 2.05) is 0 Å². The van der Waals surface area contributed by atoms with E-state index in [0.29, 0.717) is 11.8 Å². The lowest BCUT2D eigenvalue weighted by Crippen LogP contribution is -2.28. The molecule has 3 unspecified atom stereocenters. The van der Waals surface area contributed by atoms with E-state index in [-0.39, 0.29) is 6.04 Å². The van der Waals surface area contributed by atoms with Gasteiger partial charge in [-0.1, -0.05) is 36.3 Å². The molecule has 4 rings (SSSR count). The Balaban J connectivity index is 1.56. The predicted molar refractivity (Wildman–Crippen MR) is 70.5 cm³/mol. The molecule has 1 aliphatic carbocycles. The van der Waals surface area contributed by atoms with Gasteiger partial charge in [-0.2, -0.15) is 4.98 Å². The minimum atomic E-state index is 0.158. The van der Waals surface area contributed by atoms with E-state index in [9.17, 15) is 0 Å². The Hall–Kier alpha value is -1.68. The number of hydrogen-bond donors (Lipinski definition) is 1. The summed E-state index contributed by atoms with van der Waals surface area (Å²) in [6, 6.07) is 8.68. The highest BCUT2D eigenvalue weighted by Crippen LogP contribution is 2.45. The third kappa shape index (κ3) is 1.96. The second-order valence-corrected chi connectivity index (χ2v) is 5.72. The summed E-state index contributed by atoms with van der Waals surface area (Å²) >= 11 is 0. The summed E-state index contributed by atoms with van der Waals surface area (Å²) in [5.74, 6) is 2.87. The van der Waals surface area contributed by atoms with Crippen LogP contribution in [0.5, 0.6) is 0 Å². The highest BCUT2D eigenvalue weighted by molar-refractivity contribution is 5.30. The maximum atomic E-state index is 5.45. The van der Waals surface area contributed by atoms with Crippen molar-refractivity contribution < 1.29 is 4.52 Å². The van der Waals surface area contributed by atoms with Crippen LogP contribution in [0.3, 0.4) is 0 Å². The van der Waals surface area contributed by atoms with Gasteiger partial charge in [0.25, 0.3) is 0 Å². The van der Waals surface area contributed by atoms with Crippen molar-refractivity contribution in [1.29, 1.82) is 0 Å². The first-order valence-corrected chi connectivity index (χ1v) is 6.95. The van der Waals surface area contributed by atoms with E-state index in [0.717, 1.165) is 24.7 Å². The van der Waals surface area contributed by atoms with Crippen LogP contribution in [-0.2, 0) is 13.0 Å². The summed E-state index contributed by atoms with van der Waals surface area (Å²) in [5.41, 5.74) is 2.75. The topological polar surface area (TPSA) is 51.0 Å². The summed E-state index contributed by atoms with van der Waals surface area (Å²) in [4.78, 5) is 4.58. The van der Waals surface area contributed by atoms with Crippen molar-refractivity contribution in [2.45, 2.75) is 38.3 Å². The van der Waals surface area contributed by atoms with Gasteiger partial charge in [-0.05, 0) is 29.9 Å². The maximum absolute atomic E-state index is 5.45. The van der Waals surface area contributed by atoms with Crippen molar-refractivity contribution in [3.63, 3.8) is 0 Å². The van der Waals surface area contributed by atoms with Crippen LogP contribution in [0.25, 0.3) is 0 Å². The zero-order valence-electron chi connectivity index (χ0n) is 11.0. The summed E-state index contributed by atoms with van der Waals surface area (Å²) in [5, 5.41) is 7.61. The third-order valence-corrected chi connectivity index (χ3v) is 4.28. The smallest absolute Gasteiger partial charge is 0.244 e. The van der Waals surface area contributed by atoms with Gasteiger partial charge in [0.1, 0.15) is 0 Å². The normalized spacial score (nSPS) is 29.0. The molecule has 1 aromatic carbocycles. The molecule has 1 aromatic heterocycles. The average Bonchev–Trinajstić information content (AvgIpc) is 3.00. The van der Waals surface area contributed by atoms with Crippen LogP contribution in [-0.4, -0.2) is 10.1 Å². The van der Waals surface area contributed by atoms with Gasteiger partial charge in [0, 0.05) is 12.5 Å². The van der Waals surface area contributed by atoms with Crippen LogP contribution in [0.2, 0.25) is 0 Å². The van der Waals surface area contributed by atoms with Gasteiger partial charge in [0.05, 0.1) is 6.04 Å². The molecule has 19 heavy (non-hydrogen) atoms. The number of hydrogen-bond acceptors (Lipinski definition) is 4. The molecule has 1 N–H and O–H groups in total. The molecular weight excluding hydrogens is 238 g/mol. The second kappa shape index (κ2) is 4.17. The van der Waals surface area contributed by atoms with E-state index in [1.54, 1.807) is 0 Å². The number of aromatic nitrogens is 2. The highest BCUT2D eigenvalue weighted by atomic mass is 16.5. The number of benzene rings is 1. The Kier molecular flexibility index (Phi) is 2.45. The van der Waals surface area contributed by atoms with Crippen molar-refractivity contribution in [2.24, 2.45) is 5.92 Å². The molecule has 4 nitrogen and oxygen atoms in total. The number of rotatable bonds is 2. The van der Waals surface area contributed by atoms with Gasteiger partial charge in [-0.3, -0.25) is 0 Å². The fourth-order valence-electron chi connectivity index (χ4n) is 2.85. The number of nitrogens with zero attached hydrogens (tertiary/aromatic N) is 2. The van der Waals surface area contributed by atoms with Gasteiger partial charge in [0.15, 0.2) is 5.82 Å². The molecule has 0 spiro atoms. The molecule has 0 saturated heterocycles. The molecule has 1 aliphatic heterocycles. The Bertz CT molecular complexity index is 607. The van der Waals surface area contributed by atoms with Gasteiger partial charge in [-0.25, -0.2) is 0 Å². The monoisotopic (exact) mass is 255 g/mol. The van der Waals surface area contributed by atoms with Crippen molar-refractivity contribution >= 4 is 0 Å². The molecule has 0 bridgehead atoms. The molecule has 1 saturated carbocycles. The standard InChI is InChI=1S/C15H17N3O/c1-9-6-12(9)14-17-15(19-18-14)13-7-10-4-2-3-5-11(10)8-16-13/h2-5,9,12-13,16H,6-8H2,1H3. The molecule has 2 aromatic rings. The summed E-state index contributed by atoms with van der Waals surface area (Å²) in [7, 11) is 0. The van der Waals surface area contributed by atoms with Crippen molar-refractivity contribution in [3.05, 3.63) is 47.1 Å². The van der Waals surface area contributed by atoms with Crippen molar-refractivity contribution in [1.82, 2.24) is 15.5 Å². The van der Waals surface area contributed by atoms with Crippen LogP contribution in [0, 0.1) is 5.92 Å². The van der Waals surface area contributed by atoms with Crippen LogP contribution in [0.1, 0.15) is 48.1 Å². The Morgan fingerprint density at radius 2 is 2.05 bits per heavy atom. The first-order chi connectivity index (χ1) is 9.31. The fraction of sp³-hybridized carbons (Fsp3) is 0.467. The van der Waals surface area contributed by atoms with E-state index < -0.39 is 0 Å². The van der Waals surface area contributed by atoms with Crippen LogP contribution in [0.4, 0.5) is 0 Å². The quantitative estimate of drug-likeness (QED) is 0.896. The maximum Gasteiger partial charge on any atom is 0.244 e. The molecule has 4 heteroatoms. The Morgan fingerprint density at radius 3 is 2.84 bits per heavy atom. The first-order valence-electron chi connectivity index (χ1n) is 6.95. The lowest BCUT2D eigenvalue weighted by Gasteiger charge is -2.23. The van der Waals surface area contributed by atoms with E-state index >= 15 is 0 Å². The number of nitrogens with one attached hydrogen (secondary N) is 1. The predicted octanol–water partition coefficient (Wildman–Crippen LogP) is 2.58. The molecule has 0 amide bonds. The van der Waals surface area contributed by atoms with Crippen LogP contribution < -0.4 is 5.32 Å². The van der Waals surface area contributed by atoms with Gasteiger partial charge < -0.3 is 9.84 Å². The Labute approximate surface area is 112 Å². The van der Waals surface area contributed by atoms with E-state index in [4.69, 9.17) is 4.52 Å². The van der Waals surface area contributed by atoms with E-state index in [2.05, 4.69) is 46.6 Å². The first kappa shape index (κ1) is 11.2. The van der Waals surface area contributed by atoms with Gasteiger partial charge in [-0.15, -0.1) is 0 Å². The molecule has 2 aliphatic rings. The van der Waals surface area contributed by atoms with Crippen LogP contribution in [0.15, 0.2) is 28.8 Å². The lowest BCUT2D eigenvalue weighted by molar-refractivity contribution is 0.318. The molecular formula is C15H17N3O. The summed E-state index contributed by atoms with van der Waals surface area (Å²) in [6.07, 6.45) is 2.12. The minimum absolute atomic E-state index is 0.158. The summed E-state index contributed by atoms with van der Waals surface area (Å²) in [6.45, 7) is 3.11. The molecule has 3 atom stereocenters. The largest absolute Gasteiger partial charge is 0.338 e. The SMILES string of the molecule is CC1CC1c1noc(C2Cc3ccccc3CN2)n1. The zero-order chi connectivity index (χ0) is 12.8. The number of fused-ring (bicyclic) bond motifs is 1. The third-order valence-electron chi connectivity index (χ3n) is 4.28. The molecule has 2 heterocycles. The summed E-state index contributed by atoms with van der Waals surface area (Å²) < 4.78 is 5.45. The van der Waals surface area contributed by atoms with Crippen molar-refractivity contribution in [3.8, 4) is 0 Å². The second-order valence-electron chi connectivity index (χ2n) is 5.72. The van der Waals surface area contributed by atoms with E-state index in [1.165, 1.54) is 17.5 Å². The molecule has 98 valence electrons. The molecule has 0 radical (unpaired) electrons. The lowest BCUT2D eigenvalue weighted by atomic mass is 9.96. The van der Waals surface area contributed by atoms with Gasteiger partial charge >= 0.3 is 0 Å². The zero-order valence-corrected chi connectivity index (χ0v) is 11.0. The molecule has 1 fully saturated rings. The van der Waals surface area contributed by atoms with Crippen molar-refractivity contribution in [2.75, 3.05) is 0 Å².